The predicted octanol–water partition coefficient (Wildman–Crippen LogP) is 0.238. The van der Waals surface area contributed by atoms with Crippen LogP contribution >= 0.6 is 12.2 Å². The van der Waals surface area contributed by atoms with Gasteiger partial charge in [0.25, 0.3) is 0 Å². The average Bonchev–Trinajstić information content (AvgIpc) is 2.47. The van der Waals surface area contributed by atoms with Crippen molar-refractivity contribution in [3.05, 3.63) is 29.8 Å². The van der Waals surface area contributed by atoms with Crippen LogP contribution in [0, 0.1) is 5.41 Å². The number of thiocarbonyl (C=S) groups is 1. The minimum Gasteiger partial charge on any atom is -0.481 e. The Morgan fingerprint density at radius 3 is 2.30 bits per heavy atom. The molecule has 1 rings (SSSR count). The van der Waals surface area contributed by atoms with Gasteiger partial charge in [-0.2, -0.15) is 0 Å². The molecule has 0 saturated carbocycles. The van der Waals surface area contributed by atoms with Crippen molar-refractivity contribution in [3.63, 3.8) is 0 Å². The number of carbonyl (C=O) groups is 2. The Kier molecular flexibility index (Phi) is 7.48. The zero-order valence-electron chi connectivity index (χ0n) is 12.4. The van der Waals surface area contributed by atoms with E-state index in [2.05, 4.69) is 16.0 Å². The lowest BCUT2D eigenvalue weighted by atomic mass is 10.2. The van der Waals surface area contributed by atoms with E-state index in [-0.39, 0.29) is 31.1 Å². The van der Waals surface area contributed by atoms with Crippen LogP contribution in [0.3, 0.4) is 0 Å². The number of carbonyl (C=O) groups excluding carboxylic acids is 1. The molecule has 1 amide bonds. The number of carboxylic acid groups (broad SMARTS) is 1. The lowest BCUT2D eigenvalue weighted by molar-refractivity contribution is -0.136. The number of aliphatic carboxylic acids is 1. The molecule has 0 aliphatic heterocycles. The van der Waals surface area contributed by atoms with E-state index in [1.165, 1.54) is 0 Å². The summed E-state index contributed by atoms with van der Waals surface area (Å²) < 4.78 is 0. The summed E-state index contributed by atoms with van der Waals surface area (Å²) in [5.41, 5.74) is 6.72. The molecule has 0 aliphatic rings. The van der Waals surface area contributed by atoms with Crippen LogP contribution in [0.5, 0.6) is 0 Å². The van der Waals surface area contributed by atoms with Gasteiger partial charge in [0.15, 0.2) is 5.11 Å². The number of hydrogen-bond acceptors (Lipinski definition) is 4. The van der Waals surface area contributed by atoms with Gasteiger partial charge >= 0.3 is 5.97 Å². The van der Waals surface area contributed by atoms with Crippen molar-refractivity contribution in [3.8, 4) is 0 Å². The van der Waals surface area contributed by atoms with E-state index in [1.807, 2.05) is 0 Å². The SMILES string of the molecule is N=C(N)c1ccc(NC(=S)NCCC(=O)NCCC(=O)O)cc1. The van der Waals surface area contributed by atoms with Gasteiger partial charge in [-0.1, -0.05) is 0 Å². The molecule has 0 spiro atoms. The number of carboxylic acids is 1. The van der Waals surface area contributed by atoms with Crippen LogP contribution in [0.1, 0.15) is 18.4 Å². The molecule has 0 saturated heterocycles. The highest BCUT2D eigenvalue weighted by Gasteiger charge is 2.04. The number of amidine groups is 1. The van der Waals surface area contributed by atoms with Gasteiger partial charge in [0.1, 0.15) is 5.84 Å². The third-order valence-electron chi connectivity index (χ3n) is 2.75. The summed E-state index contributed by atoms with van der Waals surface area (Å²) in [7, 11) is 0. The number of benzene rings is 1. The summed E-state index contributed by atoms with van der Waals surface area (Å²) in [4.78, 5) is 21.7. The van der Waals surface area contributed by atoms with E-state index in [1.54, 1.807) is 24.3 Å². The Hall–Kier alpha value is -2.68. The summed E-state index contributed by atoms with van der Waals surface area (Å²) >= 11 is 5.10. The number of rotatable bonds is 8. The fourth-order valence-electron chi connectivity index (χ4n) is 1.60. The first-order valence-electron chi connectivity index (χ1n) is 6.86. The van der Waals surface area contributed by atoms with Gasteiger partial charge < -0.3 is 26.8 Å². The molecular weight excluding hydrogens is 318 g/mol. The maximum atomic E-state index is 11.4. The highest BCUT2D eigenvalue weighted by Crippen LogP contribution is 2.08. The zero-order valence-corrected chi connectivity index (χ0v) is 13.2. The van der Waals surface area contributed by atoms with Crippen LogP contribution in [-0.4, -0.2) is 41.0 Å². The van der Waals surface area contributed by atoms with Crippen molar-refractivity contribution in [2.24, 2.45) is 5.73 Å². The number of hydrogen-bond donors (Lipinski definition) is 6. The molecule has 0 heterocycles. The number of nitrogens with one attached hydrogen (secondary N) is 4. The third-order valence-corrected chi connectivity index (χ3v) is 3.00. The normalized spacial score (nSPS) is 9.74. The molecule has 0 aromatic heterocycles. The summed E-state index contributed by atoms with van der Waals surface area (Å²) in [6.07, 6.45) is 0.0834. The van der Waals surface area contributed by atoms with E-state index in [0.717, 1.165) is 5.69 Å². The van der Waals surface area contributed by atoms with E-state index < -0.39 is 5.97 Å². The van der Waals surface area contributed by atoms with Crippen molar-refractivity contribution < 1.29 is 14.7 Å². The molecule has 8 nitrogen and oxygen atoms in total. The molecule has 0 bridgehead atoms. The molecule has 0 aliphatic carbocycles. The standard InChI is InChI=1S/C14H19N5O3S/c15-13(16)9-1-3-10(4-2-9)19-14(23)18-7-5-11(20)17-8-6-12(21)22/h1-4H,5-8H2,(H3,15,16)(H,17,20)(H,21,22)(H2,18,19,23). The van der Waals surface area contributed by atoms with Crippen molar-refractivity contribution in [2.45, 2.75) is 12.8 Å². The van der Waals surface area contributed by atoms with Gasteiger partial charge in [-0.25, -0.2) is 0 Å². The van der Waals surface area contributed by atoms with Gasteiger partial charge in [0.2, 0.25) is 5.91 Å². The fraction of sp³-hybridized carbons (Fsp3) is 0.286. The smallest absolute Gasteiger partial charge is 0.305 e. The van der Waals surface area contributed by atoms with Gasteiger partial charge in [-0.15, -0.1) is 0 Å². The molecule has 0 radical (unpaired) electrons. The second-order valence-electron chi connectivity index (χ2n) is 4.62. The first kappa shape index (κ1) is 18.4. The van der Waals surface area contributed by atoms with Crippen LogP contribution in [0.4, 0.5) is 5.69 Å². The van der Waals surface area contributed by atoms with E-state index in [0.29, 0.717) is 17.2 Å². The monoisotopic (exact) mass is 337 g/mol. The Morgan fingerprint density at radius 1 is 1.13 bits per heavy atom. The maximum absolute atomic E-state index is 11.4. The molecule has 1 aromatic carbocycles. The number of nitrogens with two attached hydrogens (primary N) is 1. The molecule has 7 N–H and O–H groups in total. The summed E-state index contributed by atoms with van der Waals surface area (Å²) in [5, 5.41) is 24.4. The highest BCUT2D eigenvalue weighted by atomic mass is 32.1. The molecule has 23 heavy (non-hydrogen) atoms. The minimum absolute atomic E-state index is 0.00818. The second-order valence-corrected chi connectivity index (χ2v) is 5.02. The van der Waals surface area contributed by atoms with Crippen LogP contribution in [-0.2, 0) is 9.59 Å². The molecule has 0 atom stereocenters. The first-order chi connectivity index (χ1) is 10.9. The Morgan fingerprint density at radius 2 is 1.74 bits per heavy atom. The van der Waals surface area contributed by atoms with Crippen molar-refractivity contribution in [1.29, 1.82) is 5.41 Å². The van der Waals surface area contributed by atoms with Gasteiger partial charge in [-0.3, -0.25) is 15.0 Å². The molecular formula is C14H19N5O3S. The Bertz CT molecular complexity index is 589. The minimum atomic E-state index is -0.954. The number of amides is 1. The number of anilines is 1. The third kappa shape index (κ3) is 7.77. The van der Waals surface area contributed by atoms with Crippen LogP contribution in [0.2, 0.25) is 0 Å². The predicted molar refractivity (Wildman–Crippen MR) is 91.6 cm³/mol. The summed E-state index contributed by atoms with van der Waals surface area (Å²) in [6, 6.07) is 6.87. The van der Waals surface area contributed by atoms with E-state index >= 15 is 0 Å². The van der Waals surface area contributed by atoms with E-state index in [9.17, 15) is 9.59 Å². The molecule has 9 heteroatoms. The maximum Gasteiger partial charge on any atom is 0.305 e. The largest absolute Gasteiger partial charge is 0.481 e. The summed E-state index contributed by atoms with van der Waals surface area (Å²) in [5.74, 6) is -1.21. The lowest BCUT2D eigenvalue weighted by Gasteiger charge is -2.11. The second kappa shape index (κ2) is 9.36. The highest BCUT2D eigenvalue weighted by molar-refractivity contribution is 7.80. The van der Waals surface area contributed by atoms with Crippen molar-refractivity contribution in [1.82, 2.24) is 10.6 Å². The zero-order chi connectivity index (χ0) is 17.2. The van der Waals surface area contributed by atoms with Crippen LogP contribution in [0.25, 0.3) is 0 Å². The average molecular weight is 337 g/mol. The van der Waals surface area contributed by atoms with E-state index in [4.69, 9.17) is 28.5 Å². The summed E-state index contributed by atoms with van der Waals surface area (Å²) in [6.45, 7) is 0.440. The van der Waals surface area contributed by atoms with Crippen molar-refractivity contribution >= 4 is 40.7 Å². The Labute approximate surface area is 139 Å². The van der Waals surface area contributed by atoms with Gasteiger partial charge in [-0.05, 0) is 36.5 Å². The van der Waals surface area contributed by atoms with Crippen molar-refractivity contribution in [2.75, 3.05) is 18.4 Å². The molecule has 1 aromatic rings. The fourth-order valence-corrected chi connectivity index (χ4v) is 1.82. The number of nitrogen functional groups attached to an aromatic ring is 1. The molecule has 124 valence electrons. The van der Waals surface area contributed by atoms with Gasteiger partial charge in [0, 0.05) is 30.8 Å². The lowest BCUT2D eigenvalue weighted by Crippen LogP contribution is -2.33. The topological polar surface area (TPSA) is 140 Å². The molecule has 0 fully saturated rings. The molecule has 0 unspecified atom stereocenters. The van der Waals surface area contributed by atoms with Gasteiger partial charge in [0.05, 0.1) is 6.42 Å². The van der Waals surface area contributed by atoms with Crippen LogP contribution < -0.4 is 21.7 Å². The first-order valence-corrected chi connectivity index (χ1v) is 7.27. The quantitative estimate of drug-likeness (QED) is 0.227. The Balaban J connectivity index is 2.25. The van der Waals surface area contributed by atoms with Crippen LogP contribution in [0.15, 0.2) is 24.3 Å².